The summed E-state index contributed by atoms with van der Waals surface area (Å²) in [7, 11) is 0. The topological polar surface area (TPSA) is 78.4 Å². The molecule has 0 saturated heterocycles. The van der Waals surface area contributed by atoms with Gasteiger partial charge in [0, 0.05) is 22.1 Å². The molecule has 5 nitrogen and oxygen atoms in total. The molecule has 0 saturated carbocycles. The summed E-state index contributed by atoms with van der Waals surface area (Å²) in [5.41, 5.74) is 0.391. The quantitative estimate of drug-likeness (QED) is 0.676. The number of hydrogen-bond acceptors (Lipinski definition) is 3. The molecule has 0 aliphatic carbocycles. The number of aromatic carboxylic acids is 1. The maximum absolute atomic E-state index is 11.8. The van der Waals surface area contributed by atoms with Gasteiger partial charge in [0.1, 0.15) is 0 Å². The number of carbonyl (C=O) groups is 2. The molecule has 20 heavy (non-hydrogen) atoms. The number of hydrogen-bond donors (Lipinski definition) is 3. The van der Waals surface area contributed by atoms with E-state index in [4.69, 9.17) is 5.11 Å². The van der Waals surface area contributed by atoms with Crippen LogP contribution in [0.4, 0.5) is 5.69 Å². The van der Waals surface area contributed by atoms with E-state index in [1.807, 2.05) is 43.4 Å². The van der Waals surface area contributed by atoms with Gasteiger partial charge in [-0.15, -0.1) is 0 Å². The molecule has 3 N–H and O–H groups in total. The van der Waals surface area contributed by atoms with E-state index in [0.29, 0.717) is 18.7 Å². The maximum Gasteiger partial charge on any atom is 0.337 e. The molecule has 0 aliphatic heterocycles. The van der Waals surface area contributed by atoms with Crippen LogP contribution < -0.4 is 10.6 Å². The van der Waals surface area contributed by atoms with Gasteiger partial charge in [0.25, 0.3) is 0 Å². The van der Waals surface area contributed by atoms with Gasteiger partial charge in [0.15, 0.2) is 0 Å². The molecule has 0 radical (unpaired) electrons. The number of rotatable bonds is 5. The van der Waals surface area contributed by atoms with E-state index in [2.05, 4.69) is 10.6 Å². The predicted molar refractivity (Wildman–Crippen MR) is 87.1 cm³/mol. The molecule has 6 heteroatoms. The van der Waals surface area contributed by atoms with Crippen LogP contribution >= 0.6 is 22.6 Å². The van der Waals surface area contributed by atoms with Crippen LogP contribution in [0.1, 0.15) is 37.6 Å². The zero-order valence-corrected chi connectivity index (χ0v) is 13.9. The lowest BCUT2D eigenvalue weighted by atomic mass is 10.1. The second kappa shape index (κ2) is 7.03. The molecule has 1 aromatic carbocycles. The summed E-state index contributed by atoms with van der Waals surface area (Å²) < 4.78 is 0.812. The summed E-state index contributed by atoms with van der Waals surface area (Å²) in [6.45, 7) is 6.60. The minimum Gasteiger partial charge on any atom is -0.478 e. The summed E-state index contributed by atoms with van der Waals surface area (Å²) in [5, 5.41) is 15.0. The van der Waals surface area contributed by atoms with Crippen LogP contribution in [0.25, 0.3) is 0 Å². The van der Waals surface area contributed by atoms with Crippen molar-refractivity contribution in [3.63, 3.8) is 0 Å². The Balaban J connectivity index is 2.64. The Kier molecular flexibility index (Phi) is 5.94. The van der Waals surface area contributed by atoms with Crippen LogP contribution in [0.15, 0.2) is 18.2 Å². The van der Waals surface area contributed by atoms with E-state index in [-0.39, 0.29) is 17.0 Å². The molecule has 0 fully saturated rings. The largest absolute Gasteiger partial charge is 0.478 e. The standard InChI is InChI=1S/C14H19IN2O3/c1-14(2,3)16-7-6-12(18)17-11-5-4-9(15)8-10(11)13(19)20/h4-5,8,16H,6-7H2,1-3H3,(H,17,18)(H,19,20). The van der Waals surface area contributed by atoms with Crippen LogP contribution in [0.5, 0.6) is 0 Å². The lowest BCUT2D eigenvalue weighted by Gasteiger charge is -2.20. The highest BCUT2D eigenvalue weighted by molar-refractivity contribution is 14.1. The second-order valence-electron chi connectivity index (χ2n) is 5.47. The fourth-order valence-corrected chi connectivity index (χ4v) is 2.06. The summed E-state index contributed by atoms with van der Waals surface area (Å²) in [6.07, 6.45) is 0.294. The Bertz CT molecular complexity index is 510. The van der Waals surface area contributed by atoms with Crippen LogP contribution in [-0.2, 0) is 4.79 Å². The Morgan fingerprint density at radius 3 is 2.50 bits per heavy atom. The van der Waals surface area contributed by atoms with E-state index >= 15 is 0 Å². The van der Waals surface area contributed by atoms with Gasteiger partial charge < -0.3 is 15.7 Å². The fraction of sp³-hybridized carbons (Fsp3) is 0.429. The number of nitrogens with one attached hydrogen (secondary N) is 2. The number of benzene rings is 1. The van der Waals surface area contributed by atoms with Gasteiger partial charge in [-0.2, -0.15) is 0 Å². The smallest absolute Gasteiger partial charge is 0.337 e. The van der Waals surface area contributed by atoms with E-state index in [0.717, 1.165) is 3.57 Å². The fourth-order valence-electron chi connectivity index (χ4n) is 1.57. The number of carboxylic acid groups (broad SMARTS) is 1. The average molecular weight is 390 g/mol. The molecule has 0 aliphatic rings. The van der Waals surface area contributed by atoms with Crippen molar-refractivity contribution in [3.8, 4) is 0 Å². The molecular weight excluding hydrogens is 371 g/mol. The first kappa shape index (κ1) is 16.9. The first-order valence-corrected chi connectivity index (χ1v) is 7.34. The van der Waals surface area contributed by atoms with Crippen LogP contribution in [0, 0.1) is 3.57 Å². The highest BCUT2D eigenvalue weighted by Crippen LogP contribution is 2.19. The number of amides is 1. The number of carbonyl (C=O) groups excluding carboxylic acids is 1. The van der Waals surface area contributed by atoms with E-state index in [1.165, 1.54) is 6.07 Å². The van der Waals surface area contributed by atoms with Crippen LogP contribution in [-0.4, -0.2) is 29.1 Å². The zero-order chi connectivity index (χ0) is 15.3. The minimum atomic E-state index is -1.05. The van der Waals surface area contributed by atoms with Crippen molar-refractivity contribution < 1.29 is 14.7 Å². The molecule has 1 aromatic rings. The second-order valence-corrected chi connectivity index (χ2v) is 6.72. The minimum absolute atomic E-state index is 0.0463. The molecule has 0 aromatic heterocycles. The predicted octanol–water partition coefficient (Wildman–Crippen LogP) is 2.71. The lowest BCUT2D eigenvalue weighted by Crippen LogP contribution is -2.37. The van der Waals surface area contributed by atoms with Crippen molar-refractivity contribution in [2.45, 2.75) is 32.7 Å². The normalized spacial score (nSPS) is 11.2. The van der Waals surface area contributed by atoms with Gasteiger partial charge in [-0.05, 0) is 61.6 Å². The Morgan fingerprint density at radius 1 is 1.30 bits per heavy atom. The summed E-state index contributed by atoms with van der Waals surface area (Å²) >= 11 is 2.03. The highest BCUT2D eigenvalue weighted by atomic mass is 127. The zero-order valence-electron chi connectivity index (χ0n) is 11.8. The number of carboxylic acids is 1. The van der Waals surface area contributed by atoms with Crippen molar-refractivity contribution >= 4 is 40.2 Å². The lowest BCUT2D eigenvalue weighted by molar-refractivity contribution is -0.116. The van der Waals surface area contributed by atoms with Crippen molar-refractivity contribution in [2.24, 2.45) is 0 Å². The number of halogens is 1. The monoisotopic (exact) mass is 390 g/mol. The highest BCUT2D eigenvalue weighted by Gasteiger charge is 2.14. The van der Waals surface area contributed by atoms with Crippen LogP contribution in [0.3, 0.4) is 0 Å². The molecule has 1 amide bonds. The van der Waals surface area contributed by atoms with Crippen molar-refractivity contribution in [1.82, 2.24) is 5.32 Å². The van der Waals surface area contributed by atoms with E-state index in [1.54, 1.807) is 12.1 Å². The molecule has 0 heterocycles. The third-order valence-electron chi connectivity index (χ3n) is 2.49. The first-order chi connectivity index (χ1) is 9.19. The van der Waals surface area contributed by atoms with Gasteiger partial charge >= 0.3 is 5.97 Å². The molecule has 0 unspecified atom stereocenters. The van der Waals surface area contributed by atoms with Crippen molar-refractivity contribution in [2.75, 3.05) is 11.9 Å². The van der Waals surface area contributed by atoms with Crippen molar-refractivity contribution in [3.05, 3.63) is 27.3 Å². The van der Waals surface area contributed by atoms with Gasteiger partial charge in [-0.3, -0.25) is 4.79 Å². The van der Waals surface area contributed by atoms with Crippen molar-refractivity contribution in [1.29, 1.82) is 0 Å². The van der Waals surface area contributed by atoms with Gasteiger partial charge in [-0.25, -0.2) is 4.79 Å². The molecule has 0 bridgehead atoms. The Morgan fingerprint density at radius 2 is 1.95 bits per heavy atom. The molecular formula is C14H19IN2O3. The summed E-state index contributed by atoms with van der Waals surface area (Å²) in [6, 6.07) is 4.91. The maximum atomic E-state index is 11.8. The number of anilines is 1. The summed E-state index contributed by atoms with van der Waals surface area (Å²) in [4.78, 5) is 22.9. The molecule has 1 rings (SSSR count). The van der Waals surface area contributed by atoms with E-state index < -0.39 is 5.97 Å². The van der Waals surface area contributed by atoms with E-state index in [9.17, 15) is 9.59 Å². The van der Waals surface area contributed by atoms with Gasteiger partial charge in [0.2, 0.25) is 5.91 Å². The average Bonchev–Trinajstić information content (AvgIpc) is 2.29. The molecule has 110 valence electrons. The summed E-state index contributed by atoms with van der Waals surface area (Å²) in [5.74, 6) is -1.25. The SMILES string of the molecule is CC(C)(C)NCCC(=O)Nc1ccc(I)cc1C(=O)O. The Labute approximate surface area is 132 Å². The third kappa shape index (κ3) is 5.87. The van der Waals surface area contributed by atoms with Gasteiger partial charge in [-0.1, -0.05) is 0 Å². The van der Waals surface area contributed by atoms with Gasteiger partial charge in [0.05, 0.1) is 11.3 Å². The third-order valence-corrected chi connectivity index (χ3v) is 3.16. The molecule has 0 spiro atoms. The first-order valence-electron chi connectivity index (χ1n) is 6.27. The van der Waals surface area contributed by atoms with Crippen LogP contribution in [0.2, 0.25) is 0 Å². The Hall–Kier alpha value is -1.15. The molecule has 0 atom stereocenters.